The summed E-state index contributed by atoms with van der Waals surface area (Å²) in [5.74, 6) is 0.225. The third kappa shape index (κ3) is 3.47. The molecule has 2 amide bonds. The fraction of sp³-hybridized carbons (Fsp3) is 0.857. The van der Waals surface area contributed by atoms with Crippen LogP contribution in [0.25, 0.3) is 0 Å². The summed E-state index contributed by atoms with van der Waals surface area (Å²) in [5, 5.41) is 10.3. The van der Waals surface area contributed by atoms with E-state index in [9.17, 15) is 14.7 Å². The molecule has 2 fully saturated rings. The highest BCUT2D eigenvalue weighted by molar-refractivity contribution is 5.80. The molecule has 0 aromatic heterocycles. The Balaban J connectivity index is 1.81. The molecule has 1 N–H and O–H groups in total. The molecule has 2 saturated heterocycles. The molecule has 5 nitrogen and oxygen atoms in total. The molecular weight excluding hydrogens is 244 g/mol. The Bertz CT molecular complexity index is 359. The molecule has 0 aliphatic carbocycles. The van der Waals surface area contributed by atoms with Crippen LogP contribution in [0.4, 0.5) is 0 Å². The second kappa shape index (κ2) is 5.90. The van der Waals surface area contributed by atoms with E-state index in [0.29, 0.717) is 32.4 Å². The minimum Gasteiger partial charge on any atom is -0.388 e. The molecule has 108 valence electrons. The maximum absolute atomic E-state index is 12.1. The van der Waals surface area contributed by atoms with Gasteiger partial charge >= 0.3 is 0 Å². The minimum atomic E-state index is -0.711. The van der Waals surface area contributed by atoms with Crippen LogP contribution >= 0.6 is 0 Å². The van der Waals surface area contributed by atoms with Gasteiger partial charge in [0.05, 0.1) is 5.60 Å². The first-order chi connectivity index (χ1) is 9.04. The zero-order valence-corrected chi connectivity index (χ0v) is 11.7. The predicted molar refractivity (Wildman–Crippen MR) is 71.5 cm³/mol. The van der Waals surface area contributed by atoms with E-state index in [4.69, 9.17) is 0 Å². The molecule has 0 aromatic carbocycles. The maximum atomic E-state index is 12.1. The van der Waals surface area contributed by atoms with Crippen molar-refractivity contribution in [3.63, 3.8) is 0 Å². The molecule has 0 aromatic rings. The van der Waals surface area contributed by atoms with Crippen molar-refractivity contribution in [3.05, 3.63) is 0 Å². The highest BCUT2D eigenvalue weighted by atomic mass is 16.3. The van der Waals surface area contributed by atoms with Gasteiger partial charge in [-0.1, -0.05) is 6.92 Å². The number of carbonyl (C=O) groups excluding carboxylic acids is 2. The van der Waals surface area contributed by atoms with Gasteiger partial charge in [-0.05, 0) is 25.7 Å². The van der Waals surface area contributed by atoms with Crippen molar-refractivity contribution in [2.75, 3.05) is 26.2 Å². The first-order valence-corrected chi connectivity index (χ1v) is 7.32. The molecule has 0 unspecified atom stereocenters. The van der Waals surface area contributed by atoms with Crippen LogP contribution in [0.1, 0.15) is 45.4 Å². The average Bonchev–Trinajstić information content (AvgIpc) is 2.81. The predicted octanol–water partition coefficient (Wildman–Crippen LogP) is 0.762. The molecule has 2 rings (SSSR count). The summed E-state index contributed by atoms with van der Waals surface area (Å²) < 4.78 is 0. The molecule has 2 heterocycles. The van der Waals surface area contributed by atoms with Crippen LogP contribution in [0.15, 0.2) is 0 Å². The molecule has 5 heteroatoms. The number of amides is 2. The first-order valence-electron chi connectivity index (χ1n) is 7.32. The number of rotatable bonds is 4. The van der Waals surface area contributed by atoms with Crippen LogP contribution in [0, 0.1) is 0 Å². The second-order valence-electron chi connectivity index (χ2n) is 5.73. The standard InChI is InChI=1S/C14H24N2O3/c1-2-14(19)7-4-9-16(11-14)13(18)6-10-15-8-3-5-12(15)17/h19H,2-11H2,1H3/t14-/m1/s1. The molecule has 0 saturated carbocycles. The van der Waals surface area contributed by atoms with Gasteiger partial charge in [0.25, 0.3) is 0 Å². The Morgan fingerprint density at radius 3 is 2.79 bits per heavy atom. The summed E-state index contributed by atoms with van der Waals surface area (Å²) >= 11 is 0. The summed E-state index contributed by atoms with van der Waals surface area (Å²) in [7, 11) is 0. The van der Waals surface area contributed by atoms with Crippen LogP contribution in [-0.2, 0) is 9.59 Å². The van der Waals surface area contributed by atoms with Crippen molar-refractivity contribution in [2.24, 2.45) is 0 Å². The Hall–Kier alpha value is -1.10. The van der Waals surface area contributed by atoms with Crippen molar-refractivity contribution in [2.45, 2.75) is 51.0 Å². The lowest BCUT2D eigenvalue weighted by atomic mass is 9.90. The highest BCUT2D eigenvalue weighted by Crippen LogP contribution is 2.24. The van der Waals surface area contributed by atoms with E-state index in [1.807, 2.05) is 6.92 Å². The summed E-state index contributed by atoms with van der Waals surface area (Å²) in [6.45, 7) is 4.44. The quantitative estimate of drug-likeness (QED) is 0.819. The van der Waals surface area contributed by atoms with Crippen molar-refractivity contribution < 1.29 is 14.7 Å². The number of β-amino-alcohol motifs (C(OH)–C–C–N with tert-alkyl or cyclic N) is 1. The van der Waals surface area contributed by atoms with E-state index in [2.05, 4.69) is 0 Å². The Labute approximate surface area is 114 Å². The van der Waals surface area contributed by atoms with Gasteiger partial charge < -0.3 is 14.9 Å². The molecule has 0 radical (unpaired) electrons. The van der Waals surface area contributed by atoms with Gasteiger partial charge in [0.15, 0.2) is 0 Å². The van der Waals surface area contributed by atoms with Gasteiger partial charge in [0, 0.05) is 39.0 Å². The number of aliphatic hydroxyl groups is 1. The van der Waals surface area contributed by atoms with Crippen molar-refractivity contribution in [1.29, 1.82) is 0 Å². The SMILES string of the molecule is CC[C@@]1(O)CCCN(C(=O)CCN2CCCC2=O)C1. The zero-order valence-electron chi connectivity index (χ0n) is 11.7. The largest absolute Gasteiger partial charge is 0.388 e. The third-order valence-corrected chi connectivity index (χ3v) is 4.33. The molecule has 0 spiro atoms. The summed E-state index contributed by atoms with van der Waals surface area (Å²) in [6, 6.07) is 0. The normalized spacial score (nSPS) is 28.0. The number of likely N-dealkylation sites (tertiary alicyclic amines) is 2. The van der Waals surface area contributed by atoms with Crippen molar-refractivity contribution in [1.82, 2.24) is 9.80 Å². The van der Waals surface area contributed by atoms with E-state index in [1.54, 1.807) is 9.80 Å². The zero-order chi connectivity index (χ0) is 13.9. The minimum absolute atomic E-state index is 0.0614. The average molecular weight is 268 g/mol. The Kier molecular flexibility index (Phi) is 4.45. The van der Waals surface area contributed by atoms with Gasteiger partial charge in [-0.3, -0.25) is 9.59 Å². The summed E-state index contributed by atoms with van der Waals surface area (Å²) in [4.78, 5) is 27.1. The van der Waals surface area contributed by atoms with Gasteiger partial charge in [-0.2, -0.15) is 0 Å². The second-order valence-corrected chi connectivity index (χ2v) is 5.73. The topological polar surface area (TPSA) is 60.9 Å². The van der Waals surface area contributed by atoms with Crippen LogP contribution in [-0.4, -0.2) is 58.5 Å². The number of piperidine rings is 1. The number of carbonyl (C=O) groups is 2. The van der Waals surface area contributed by atoms with Crippen molar-refractivity contribution in [3.8, 4) is 0 Å². The van der Waals surface area contributed by atoms with E-state index >= 15 is 0 Å². The summed E-state index contributed by atoms with van der Waals surface area (Å²) in [6.07, 6.45) is 4.23. The first kappa shape index (κ1) is 14.3. The smallest absolute Gasteiger partial charge is 0.224 e. The van der Waals surface area contributed by atoms with Crippen LogP contribution < -0.4 is 0 Å². The Morgan fingerprint density at radius 1 is 1.37 bits per heavy atom. The van der Waals surface area contributed by atoms with Gasteiger partial charge in [-0.25, -0.2) is 0 Å². The molecule has 2 aliphatic heterocycles. The lowest BCUT2D eigenvalue weighted by Crippen LogP contribution is -2.50. The maximum Gasteiger partial charge on any atom is 0.224 e. The lowest BCUT2D eigenvalue weighted by molar-refractivity contribution is -0.139. The van der Waals surface area contributed by atoms with Gasteiger partial charge in [-0.15, -0.1) is 0 Å². The fourth-order valence-corrected chi connectivity index (χ4v) is 2.94. The molecule has 19 heavy (non-hydrogen) atoms. The number of hydrogen-bond donors (Lipinski definition) is 1. The molecule has 1 atom stereocenters. The van der Waals surface area contributed by atoms with E-state index in [1.165, 1.54) is 0 Å². The van der Waals surface area contributed by atoms with E-state index in [-0.39, 0.29) is 11.8 Å². The van der Waals surface area contributed by atoms with Crippen molar-refractivity contribution >= 4 is 11.8 Å². The molecule has 2 aliphatic rings. The Morgan fingerprint density at radius 2 is 2.16 bits per heavy atom. The van der Waals surface area contributed by atoms with Gasteiger partial charge in [0.1, 0.15) is 0 Å². The van der Waals surface area contributed by atoms with E-state index in [0.717, 1.165) is 32.4 Å². The third-order valence-electron chi connectivity index (χ3n) is 4.33. The van der Waals surface area contributed by atoms with E-state index < -0.39 is 5.60 Å². The monoisotopic (exact) mass is 268 g/mol. The highest BCUT2D eigenvalue weighted by Gasteiger charge is 2.33. The molecular formula is C14H24N2O3. The lowest BCUT2D eigenvalue weighted by Gasteiger charge is -2.39. The van der Waals surface area contributed by atoms with Crippen LogP contribution in [0.2, 0.25) is 0 Å². The molecule has 0 bridgehead atoms. The number of nitrogens with zero attached hydrogens (tertiary/aromatic N) is 2. The van der Waals surface area contributed by atoms with Gasteiger partial charge in [0.2, 0.25) is 11.8 Å². The van der Waals surface area contributed by atoms with Crippen LogP contribution in [0.3, 0.4) is 0 Å². The fourth-order valence-electron chi connectivity index (χ4n) is 2.94. The summed E-state index contributed by atoms with van der Waals surface area (Å²) in [5.41, 5.74) is -0.711. The van der Waals surface area contributed by atoms with Crippen LogP contribution in [0.5, 0.6) is 0 Å². The number of hydrogen-bond acceptors (Lipinski definition) is 3.